The zero-order valence-corrected chi connectivity index (χ0v) is 16.9. The summed E-state index contributed by atoms with van der Waals surface area (Å²) < 4.78 is 0. The summed E-state index contributed by atoms with van der Waals surface area (Å²) >= 11 is 1.64. The zero-order valence-electron chi connectivity index (χ0n) is 16.1. The molecule has 148 valence electrons. The molecule has 6 heteroatoms. The van der Waals surface area contributed by atoms with Gasteiger partial charge in [-0.3, -0.25) is 9.59 Å². The minimum atomic E-state index is -0.881. The van der Waals surface area contributed by atoms with Crippen molar-refractivity contribution in [1.82, 2.24) is 9.80 Å². The molecule has 5 nitrogen and oxygen atoms in total. The van der Waals surface area contributed by atoms with Crippen LogP contribution in [0.15, 0.2) is 30.3 Å². The topological polar surface area (TPSA) is 60.9 Å². The maximum Gasteiger partial charge on any atom is 0.251 e. The summed E-state index contributed by atoms with van der Waals surface area (Å²) in [6.45, 7) is 2.81. The molecule has 2 amide bonds. The lowest BCUT2D eigenvalue weighted by Gasteiger charge is -2.47. The van der Waals surface area contributed by atoms with Gasteiger partial charge in [-0.25, -0.2) is 0 Å². The van der Waals surface area contributed by atoms with E-state index in [0.717, 1.165) is 37.1 Å². The smallest absolute Gasteiger partial charge is 0.251 e. The minimum absolute atomic E-state index is 0.115. The molecule has 3 rings (SSSR count). The van der Waals surface area contributed by atoms with E-state index in [-0.39, 0.29) is 17.2 Å². The lowest BCUT2D eigenvalue weighted by molar-refractivity contribution is -0.147. The van der Waals surface area contributed by atoms with Crippen molar-refractivity contribution in [1.29, 1.82) is 0 Å². The first-order chi connectivity index (χ1) is 13.0. The molecule has 2 aliphatic rings. The second-order valence-corrected chi connectivity index (χ2v) is 8.84. The number of hydrogen-bond donors (Lipinski definition) is 1. The molecule has 1 aromatic carbocycles. The van der Waals surface area contributed by atoms with Crippen molar-refractivity contribution in [3.05, 3.63) is 35.9 Å². The molecular weight excluding hydrogens is 360 g/mol. The Kier molecular flexibility index (Phi) is 6.82. The minimum Gasteiger partial charge on any atom is -0.383 e. The predicted molar refractivity (Wildman–Crippen MR) is 108 cm³/mol. The fraction of sp³-hybridized carbons (Fsp3) is 0.619. The second kappa shape index (κ2) is 9.11. The third kappa shape index (κ3) is 5.05. The molecule has 2 fully saturated rings. The first-order valence-electron chi connectivity index (χ1n) is 9.80. The number of carbonyl (C=O) groups is 2. The SMILES string of the molecule is CSCC[C@@H](O)C(=O)N1CCC2(CCC(=O)N(Cc3ccccc3)C2)CC1. The highest BCUT2D eigenvalue weighted by Crippen LogP contribution is 2.40. The molecule has 0 saturated carbocycles. The van der Waals surface area contributed by atoms with Gasteiger partial charge in [0.05, 0.1) is 0 Å². The van der Waals surface area contributed by atoms with Gasteiger partial charge in [0.25, 0.3) is 5.91 Å². The molecule has 1 N–H and O–H groups in total. The monoisotopic (exact) mass is 390 g/mol. The van der Waals surface area contributed by atoms with Gasteiger partial charge < -0.3 is 14.9 Å². The quantitative estimate of drug-likeness (QED) is 0.811. The maximum atomic E-state index is 12.4. The van der Waals surface area contributed by atoms with Crippen LogP contribution in [0.3, 0.4) is 0 Å². The van der Waals surface area contributed by atoms with E-state index in [4.69, 9.17) is 0 Å². The van der Waals surface area contributed by atoms with Gasteiger partial charge in [-0.15, -0.1) is 0 Å². The molecule has 2 aliphatic heterocycles. The van der Waals surface area contributed by atoms with Crippen LogP contribution in [-0.2, 0) is 16.1 Å². The van der Waals surface area contributed by atoms with Gasteiger partial charge in [0.2, 0.25) is 5.91 Å². The van der Waals surface area contributed by atoms with Gasteiger partial charge in [0, 0.05) is 32.6 Å². The first kappa shape index (κ1) is 20.2. The lowest BCUT2D eigenvalue weighted by Crippen LogP contribution is -2.53. The van der Waals surface area contributed by atoms with Crippen LogP contribution in [0.25, 0.3) is 0 Å². The second-order valence-electron chi connectivity index (χ2n) is 7.86. The molecule has 0 bridgehead atoms. The molecule has 2 saturated heterocycles. The number of thioether (sulfide) groups is 1. The normalized spacial score (nSPS) is 20.7. The summed E-state index contributed by atoms with van der Waals surface area (Å²) in [5.74, 6) is 0.892. The highest BCUT2D eigenvalue weighted by molar-refractivity contribution is 7.98. The van der Waals surface area contributed by atoms with Gasteiger partial charge >= 0.3 is 0 Å². The standard InChI is InChI=1S/C21H30N2O3S/c1-27-14-8-18(24)20(26)22-12-10-21(11-13-22)9-7-19(25)23(16-21)15-17-5-3-2-4-6-17/h2-6,18,24H,7-16H2,1H3/t18-/m1/s1. The Morgan fingerprint density at radius 2 is 1.93 bits per heavy atom. The molecule has 1 atom stereocenters. The van der Waals surface area contributed by atoms with Gasteiger partial charge in [0.1, 0.15) is 6.10 Å². The Hall–Kier alpha value is -1.53. The van der Waals surface area contributed by atoms with Crippen LogP contribution in [0.1, 0.15) is 37.7 Å². The fourth-order valence-corrected chi connectivity index (χ4v) is 4.68. The number of benzene rings is 1. The molecule has 0 aromatic heterocycles. The van der Waals surface area contributed by atoms with E-state index in [1.165, 1.54) is 0 Å². The Bertz CT molecular complexity index is 644. The Morgan fingerprint density at radius 3 is 2.59 bits per heavy atom. The van der Waals surface area contributed by atoms with Crippen molar-refractivity contribution < 1.29 is 14.7 Å². The Labute approximate surface area is 166 Å². The summed E-state index contributed by atoms with van der Waals surface area (Å²) in [4.78, 5) is 28.7. The van der Waals surface area contributed by atoms with Crippen molar-refractivity contribution >= 4 is 23.6 Å². The van der Waals surface area contributed by atoms with Crippen LogP contribution >= 0.6 is 11.8 Å². The van der Waals surface area contributed by atoms with Crippen LogP contribution < -0.4 is 0 Å². The van der Waals surface area contributed by atoms with Gasteiger partial charge in [-0.2, -0.15) is 11.8 Å². The molecule has 2 heterocycles. The van der Waals surface area contributed by atoms with Gasteiger partial charge in [-0.1, -0.05) is 30.3 Å². The van der Waals surface area contributed by atoms with Gasteiger partial charge in [0.15, 0.2) is 0 Å². The number of piperidine rings is 2. The predicted octanol–water partition coefficient (Wildman–Crippen LogP) is 2.53. The highest BCUT2D eigenvalue weighted by atomic mass is 32.2. The van der Waals surface area contributed by atoms with E-state index in [1.807, 2.05) is 34.3 Å². The Balaban J connectivity index is 1.56. The van der Waals surface area contributed by atoms with E-state index in [1.54, 1.807) is 11.8 Å². The average molecular weight is 391 g/mol. The summed E-state index contributed by atoms with van der Waals surface area (Å²) in [6.07, 6.45) is 4.94. The molecule has 1 aromatic rings. The van der Waals surface area contributed by atoms with Crippen molar-refractivity contribution in [3.8, 4) is 0 Å². The number of amides is 2. The van der Waals surface area contributed by atoms with Crippen LogP contribution in [0.5, 0.6) is 0 Å². The molecule has 0 radical (unpaired) electrons. The third-order valence-electron chi connectivity index (χ3n) is 5.98. The van der Waals surface area contributed by atoms with Crippen LogP contribution in [0.4, 0.5) is 0 Å². The number of hydrogen-bond acceptors (Lipinski definition) is 4. The van der Waals surface area contributed by atoms with Crippen LogP contribution in [0, 0.1) is 5.41 Å². The van der Waals surface area contributed by atoms with Crippen molar-refractivity contribution in [3.63, 3.8) is 0 Å². The van der Waals surface area contributed by atoms with Crippen molar-refractivity contribution in [2.45, 2.75) is 44.8 Å². The number of likely N-dealkylation sites (tertiary alicyclic amines) is 2. The third-order valence-corrected chi connectivity index (χ3v) is 6.62. The number of aliphatic hydroxyl groups excluding tert-OH is 1. The summed E-state index contributed by atoms with van der Waals surface area (Å²) in [5.41, 5.74) is 1.27. The largest absolute Gasteiger partial charge is 0.383 e. The summed E-state index contributed by atoms with van der Waals surface area (Å²) in [7, 11) is 0. The van der Waals surface area contributed by atoms with E-state index in [9.17, 15) is 14.7 Å². The number of nitrogens with zero attached hydrogens (tertiary/aromatic N) is 2. The summed E-state index contributed by atoms with van der Waals surface area (Å²) in [5, 5.41) is 10.1. The van der Waals surface area contributed by atoms with Crippen LogP contribution in [-0.4, -0.2) is 64.5 Å². The zero-order chi connectivity index (χ0) is 19.3. The molecule has 0 aliphatic carbocycles. The Morgan fingerprint density at radius 1 is 1.22 bits per heavy atom. The van der Waals surface area contributed by atoms with E-state index in [0.29, 0.717) is 32.5 Å². The summed E-state index contributed by atoms with van der Waals surface area (Å²) in [6, 6.07) is 10.1. The molecule has 27 heavy (non-hydrogen) atoms. The average Bonchev–Trinajstić information content (AvgIpc) is 2.70. The molecule has 1 spiro atoms. The first-order valence-corrected chi connectivity index (χ1v) is 11.2. The highest BCUT2D eigenvalue weighted by Gasteiger charge is 2.42. The fourth-order valence-electron chi connectivity index (χ4n) is 4.22. The molecule has 0 unspecified atom stereocenters. The van der Waals surface area contributed by atoms with E-state index in [2.05, 4.69) is 12.1 Å². The van der Waals surface area contributed by atoms with E-state index < -0.39 is 6.10 Å². The van der Waals surface area contributed by atoms with Crippen molar-refractivity contribution in [2.75, 3.05) is 31.6 Å². The number of aliphatic hydroxyl groups is 1. The van der Waals surface area contributed by atoms with Crippen LogP contribution in [0.2, 0.25) is 0 Å². The van der Waals surface area contributed by atoms with Crippen molar-refractivity contribution in [2.24, 2.45) is 5.41 Å². The van der Waals surface area contributed by atoms with Gasteiger partial charge in [-0.05, 0) is 48.7 Å². The number of rotatable bonds is 6. The number of carbonyl (C=O) groups excluding carboxylic acids is 2. The maximum absolute atomic E-state index is 12.4. The van der Waals surface area contributed by atoms with E-state index >= 15 is 0 Å². The lowest BCUT2D eigenvalue weighted by atomic mass is 9.72. The molecular formula is C21H30N2O3S.